The van der Waals surface area contributed by atoms with Crippen molar-refractivity contribution in [2.45, 2.75) is 6.54 Å². The highest BCUT2D eigenvalue weighted by Gasteiger charge is 2.02. The van der Waals surface area contributed by atoms with E-state index in [9.17, 15) is 0 Å². The third kappa shape index (κ3) is 2.37. The molecular formula is C11H12ClN3. The summed E-state index contributed by atoms with van der Waals surface area (Å²) in [5.74, 6) is 0.872. The molecule has 2 aromatic rings. The molecule has 78 valence electrons. The van der Waals surface area contributed by atoms with E-state index in [-0.39, 0.29) is 0 Å². The van der Waals surface area contributed by atoms with Crippen LogP contribution in [0.25, 0.3) is 11.4 Å². The number of imidazole rings is 1. The first-order valence-electron chi connectivity index (χ1n) is 4.74. The predicted octanol–water partition coefficient (Wildman–Crippen LogP) is 2.45. The maximum Gasteiger partial charge on any atom is 0.137 e. The Morgan fingerprint density at radius 1 is 1.33 bits per heavy atom. The van der Waals surface area contributed by atoms with Gasteiger partial charge in [-0.05, 0) is 31.3 Å². The van der Waals surface area contributed by atoms with Gasteiger partial charge < -0.3 is 10.3 Å². The molecule has 0 aliphatic rings. The lowest BCUT2D eigenvalue weighted by Gasteiger charge is -1.97. The van der Waals surface area contributed by atoms with Crippen LogP contribution in [0.2, 0.25) is 5.02 Å². The van der Waals surface area contributed by atoms with Crippen molar-refractivity contribution in [3.05, 3.63) is 41.2 Å². The van der Waals surface area contributed by atoms with Gasteiger partial charge in [-0.15, -0.1) is 0 Å². The number of nitrogens with one attached hydrogen (secondary N) is 2. The van der Waals surface area contributed by atoms with Gasteiger partial charge in [0, 0.05) is 29.0 Å². The van der Waals surface area contributed by atoms with Crippen LogP contribution < -0.4 is 5.32 Å². The maximum atomic E-state index is 5.81. The van der Waals surface area contributed by atoms with Crippen LogP contribution in [-0.4, -0.2) is 17.0 Å². The van der Waals surface area contributed by atoms with E-state index < -0.39 is 0 Å². The Labute approximate surface area is 93.5 Å². The van der Waals surface area contributed by atoms with Crippen LogP contribution in [0.3, 0.4) is 0 Å². The zero-order chi connectivity index (χ0) is 10.7. The fourth-order valence-corrected chi connectivity index (χ4v) is 1.52. The number of hydrogen-bond donors (Lipinski definition) is 2. The van der Waals surface area contributed by atoms with E-state index in [2.05, 4.69) is 15.3 Å². The summed E-state index contributed by atoms with van der Waals surface area (Å²) >= 11 is 5.81. The van der Waals surface area contributed by atoms with Crippen molar-refractivity contribution < 1.29 is 0 Å². The summed E-state index contributed by atoms with van der Waals surface area (Å²) in [6.07, 6.45) is 1.83. The molecule has 0 amide bonds. The van der Waals surface area contributed by atoms with E-state index in [0.29, 0.717) is 0 Å². The summed E-state index contributed by atoms with van der Waals surface area (Å²) in [6, 6.07) is 7.61. The first-order chi connectivity index (χ1) is 7.29. The monoisotopic (exact) mass is 221 g/mol. The van der Waals surface area contributed by atoms with Crippen molar-refractivity contribution in [1.82, 2.24) is 15.3 Å². The van der Waals surface area contributed by atoms with Crippen molar-refractivity contribution in [3.63, 3.8) is 0 Å². The van der Waals surface area contributed by atoms with Crippen molar-refractivity contribution in [2.24, 2.45) is 0 Å². The van der Waals surface area contributed by atoms with Gasteiger partial charge in [-0.1, -0.05) is 11.6 Å². The van der Waals surface area contributed by atoms with E-state index in [1.54, 1.807) is 0 Å². The Kier molecular flexibility index (Phi) is 3.04. The Morgan fingerprint density at radius 2 is 2.07 bits per heavy atom. The molecule has 3 nitrogen and oxygen atoms in total. The average molecular weight is 222 g/mol. The summed E-state index contributed by atoms with van der Waals surface area (Å²) < 4.78 is 0. The smallest absolute Gasteiger partial charge is 0.137 e. The molecule has 0 atom stereocenters. The Bertz CT molecular complexity index is 433. The lowest BCUT2D eigenvalue weighted by Crippen LogP contribution is -2.04. The molecule has 0 saturated heterocycles. The molecule has 15 heavy (non-hydrogen) atoms. The summed E-state index contributed by atoms with van der Waals surface area (Å²) in [6.45, 7) is 0.792. The lowest BCUT2D eigenvalue weighted by molar-refractivity contribution is 0.797. The minimum atomic E-state index is 0.737. The highest BCUT2D eigenvalue weighted by atomic mass is 35.5. The zero-order valence-electron chi connectivity index (χ0n) is 8.42. The van der Waals surface area contributed by atoms with Gasteiger partial charge in [-0.2, -0.15) is 0 Å². The fraction of sp³-hybridized carbons (Fsp3) is 0.182. The molecule has 0 bridgehead atoms. The number of H-pyrrole nitrogens is 1. The zero-order valence-corrected chi connectivity index (χ0v) is 9.17. The van der Waals surface area contributed by atoms with Gasteiger partial charge in [0.1, 0.15) is 5.82 Å². The lowest BCUT2D eigenvalue weighted by atomic mass is 10.2. The molecule has 0 fully saturated rings. The standard InChI is InChI=1S/C11H12ClN3/c1-13-6-10-7-14-11(15-10)8-2-4-9(12)5-3-8/h2-5,7,13H,6H2,1H3,(H,14,15). The first kappa shape index (κ1) is 10.2. The van der Waals surface area contributed by atoms with Crippen LogP contribution in [0.4, 0.5) is 0 Å². The van der Waals surface area contributed by atoms with Crippen LogP contribution in [0.5, 0.6) is 0 Å². The van der Waals surface area contributed by atoms with E-state index in [4.69, 9.17) is 11.6 Å². The molecule has 0 saturated carbocycles. The molecule has 0 aliphatic heterocycles. The van der Waals surface area contributed by atoms with Gasteiger partial charge >= 0.3 is 0 Å². The van der Waals surface area contributed by atoms with Crippen molar-refractivity contribution in [1.29, 1.82) is 0 Å². The molecule has 1 heterocycles. The summed E-state index contributed by atoms with van der Waals surface area (Å²) in [7, 11) is 1.91. The van der Waals surface area contributed by atoms with Gasteiger partial charge in [0.25, 0.3) is 0 Å². The topological polar surface area (TPSA) is 40.7 Å². The quantitative estimate of drug-likeness (QED) is 0.836. The highest BCUT2D eigenvalue weighted by molar-refractivity contribution is 6.30. The maximum absolute atomic E-state index is 5.81. The molecule has 2 rings (SSSR count). The second-order valence-corrected chi connectivity index (χ2v) is 3.73. The van der Waals surface area contributed by atoms with Crippen molar-refractivity contribution in [3.8, 4) is 11.4 Å². The molecule has 1 aromatic carbocycles. The number of rotatable bonds is 3. The van der Waals surface area contributed by atoms with Gasteiger partial charge in [0.05, 0.1) is 0 Å². The number of benzene rings is 1. The molecule has 4 heteroatoms. The Balaban J connectivity index is 2.25. The molecule has 0 spiro atoms. The molecule has 0 unspecified atom stereocenters. The van der Waals surface area contributed by atoms with E-state index >= 15 is 0 Å². The summed E-state index contributed by atoms with van der Waals surface area (Å²) in [5, 5.41) is 3.80. The van der Waals surface area contributed by atoms with Gasteiger partial charge in [-0.3, -0.25) is 0 Å². The molecule has 2 N–H and O–H groups in total. The minimum absolute atomic E-state index is 0.737. The first-order valence-corrected chi connectivity index (χ1v) is 5.12. The predicted molar refractivity (Wildman–Crippen MR) is 61.8 cm³/mol. The SMILES string of the molecule is CNCc1cnc(-c2ccc(Cl)cc2)[nH]1. The van der Waals surface area contributed by atoms with Crippen LogP contribution in [0, 0.1) is 0 Å². The highest BCUT2D eigenvalue weighted by Crippen LogP contribution is 2.18. The largest absolute Gasteiger partial charge is 0.341 e. The van der Waals surface area contributed by atoms with E-state index in [1.807, 2.05) is 37.5 Å². The second kappa shape index (κ2) is 4.47. The number of aromatic amines is 1. The third-order valence-corrected chi connectivity index (χ3v) is 2.37. The number of halogens is 1. The summed E-state index contributed by atoms with van der Waals surface area (Å²) in [5.41, 5.74) is 2.12. The number of hydrogen-bond acceptors (Lipinski definition) is 2. The average Bonchev–Trinajstić information content (AvgIpc) is 2.68. The van der Waals surface area contributed by atoms with Crippen LogP contribution in [-0.2, 0) is 6.54 Å². The van der Waals surface area contributed by atoms with Crippen LogP contribution in [0.1, 0.15) is 5.69 Å². The van der Waals surface area contributed by atoms with Crippen LogP contribution in [0.15, 0.2) is 30.5 Å². The van der Waals surface area contributed by atoms with E-state index in [0.717, 1.165) is 28.6 Å². The third-order valence-electron chi connectivity index (χ3n) is 2.11. The van der Waals surface area contributed by atoms with Gasteiger partial charge in [-0.25, -0.2) is 4.98 Å². The molecule has 0 aliphatic carbocycles. The van der Waals surface area contributed by atoms with Crippen LogP contribution >= 0.6 is 11.6 Å². The number of nitrogens with zero attached hydrogens (tertiary/aromatic N) is 1. The summed E-state index contributed by atoms with van der Waals surface area (Å²) in [4.78, 5) is 7.53. The van der Waals surface area contributed by atoms with Gasteiger partial charge in [0.15, 0.2) is 0 Å². The minimum Gasteiger partial charge on any atom is -0.341 e. The van der Waals surface area contributed by atoms with E-state index in [1.165, 1.54) is 0 Å². The van der Waals surface area contributed by atoms with Crippen molar-refractivity contribution >= 4 is 11.6 Å². The second-order valence-electron chi connectivity index (χ2n) is 3.29. The molecule has 1 aromatic heterocycles. The Morgan fingerprint density at radius 3 is 2.73 bits per heavy atom. The fourth-order valence-electron chi connectivity index (χ4n) is 1.39. The van der Waals surface area contributed by atoms with Gasteiger partial charge in [0.2, 0.25) is 0 Å². The molecule has 0 radical (unpaired) electrons. The Hall–Kier alpha value is -1.32. The molecular weight excluding hydrogens is 210 g/mol. The van der Waals surface area contributed by atoms with Crippen molar-refractivity contribution in [2.75, 3.05) is 7.05 Å². The number of aromatic nitrogens is 2. The normalized spacial score (nSPS) is 10.5.